The van der Waals surface area contributed by atoms with Gasteiger partial charge in [0.05, 0.1) is 6.61 Å². The molecule has 0 aromatic heterocycles. The first-order valence-electron chi connectivity index (χ1n) is 9.43. The molecule has 0 aliphatic rings. The summed E-state index contributed by atoms with van der Waals surface area (Å²) in [4.78, 5) is 15.7. The van der Waals surface area contributed by atoms with Crippen molar-refractivity contribution >= 4 is 16.0 Å². The van der Waals surface area contributed by atoms with Gasteiger partial charge in [0, 0.05) is 5.57 Å². The molecular formula is C25H26O2S. The molecule has 0 amide bonds. The fraction of sp³-hybridized carbons (Fsp3) is 0.160. The van der Waals surface area contributed by atoms with Gasteiger partial charge < -0.3 is 4.74 Å². The van der Waals surface area contributed by atoms with E-state index in [1.165, 1.54) is 14.7 Å². The lowest BCUT2D eigenvalue weighted by molar-refractivity contribution is -0.138. The zero-order chi connectivity index (χ0) is 19.8. The van der Waals surface area contributed by atoms with Crippen molar-refractivity contribution < 1.29 is 9.53 Å². The molecule has 0 saturated carbocycles. The van der Waals surface area contributed by atoms with E-state index in [1.54, 1.807) is 6.92 Å². The lowest BCUT2D eigenvalue weighted by Crippen LogP contribution is -2.12. The Hall–Kier alpha value is -2.78. The second kappa shape index (κ2) is 9.43. The maximum absolute atomic E-state index is 11.8. The molecule has 144 valence electrons. The van der Waals surface area contributed by atoms with Crippen LogP contribution in [0.25, 0.3) is 0 Å². The lowest BCUT2D eigenvalue weighted by atomic mass is 10.3. The summed E-state index contributed by atoms with van der Waals surface area (Å²) in [5.41, 5.74) is 0.438. The molecule has 0 atom stereocenters. The summed E-state index contributed by atoms with van der Waals surface area (Å²) in [5.74, 6) is 0.592. The number of carbonyl (C=O) groups is 1. The normalized spacial score (nSPS) is 11.6. The van der Waals surface area contributed by atoms with E-state index in [1.807, 2.05) is 0 Å². The van der Waals surface area contributed by atoms with Crippen LogP contribution in [0.3, 0.4) is 0 Å². The summed E-state index contributed by atoms with van der Waals surface area (Å²) >= 11 is 0. The Kier molecular flexibility index (Phi) is 6.72. The molecule has 0 bridgehead atoms. The molecule has 0 aliphatic heterocycles. The molecule has 0 radical (unpaired) electrons. The van der Waals surface area contributed by atoms with Crippen LogP contribution in [0.2, 0.25) is 0 Å². The Labute approximate surface area is 169 Å². The first-order chi connectivity index (χ1) is 13.6. The van der Waals surface area contributed by atoms with E-state index in [2.05, 4.69) is 97.6 Å². The summed E-state index contributed by atoms with van der Waals surface area (Å²) in [6.45, 7) is 5.73. The number of esters is 1. The predicted molar refractivity (Wildman–Crippen MR) is 117 cm³/mol. The quantitative estimate of drug-likeness (QED) is 0.250. The smallest absolute Gasteiger partial charge is 0.333 e. The minimum atomic E-state index is -1.46. The molecule has 0 aliphatic carbocycles. The molecule has 3 rings (SSSR count). The molecule has 3 heteroatoms. The number of benzene rings is 3. The molecule has 0 spiro atoms. The summed E-state index contributed by atoms with van der Waals surface area (Å²) in [7, 11) is -1.46. The Morgan fingerprint density at radius 2 is 1.18 bits per heavy atom. The van der Waals surface area contributed by atoms with Crippen LogP contribution in [0.4, 0.5) is 0 Å². The number of ether oxygens (including phenoxy) is 1. The second-order valence-corrected chi connectivity index (χ2v) is 9.95. The van der Waals surface area contributed by atoms with Crippen LogP contribution in [-0.4, -0.2) is 18.3 Å². The fourth-order valence-electron chi connectivity index (χ4n) is 3.28. The second-order valence-electron chi connectivity index (χ2n) is 6.65. The van der Waals surface area contributed by atoms with Gasteiger partial charge >= 0.3 is 5.97 Å². The number of carbonyl (C=O) groups excluding carboxylic acids is 1. The summed E-state index contributed by atoms with van der Waals surface area (Å²) < 4.78 is 5.38. The zero-order valence-electron chi connectivity index (χ0n) is 16.2. The van der Waals surface area contributed by atoms with Gasteiger partial charge in [-0.05, 0) is 70.2 Å². The highest BCUT2D eigenvalue weighted by molar-refractivity contribution is 8.33. The molecular weight excluding hydrogens is 364 g/mol. The number of rotatable bonds is 8. The Morgan fingerprint density at radius 1 is 0.786 bits per heavy atom. The number of hydrogen-bond donors (Lipinski definition) is 0. The molecule has 3 aromatic carbocycles. The molecule has 2 nitrogen and oxygen atoms in total. The van der Waals surface area contributed by atoms with Gasteiger partial charge in [-0.15, -0.1) is 0 Å². The average Bonchev–Trinajstić information content (AvgIpc) is 2.75. The van der Waals surface area contributed by atoms with Gasteiger partial charge in [-0.2, -0.15) is 10.0 Å². The third-order valence-electron chi connectivity index (χ3n) is 4.61. The van der Waals surface area contributed by atoms with E-state index in [-0.39, 0.29) is 5.97 Å². The molecule has 28 heavy (non-hydrogen) atoms. The topological polar surface area (TPSA) is 26.3 Å². The van der Waals surface area contributed by atoms with Gasteiger partial charge in [-0.3, -0.25) is 0 Å². The maximum atomic E-state index is 11.8. The summed E-state index contributed by atoms with van der Waals surface area (Å²) in [6.07, 6.45) is 0.785. The van der Waals surface area contributed by atoms with Crippen molar-refractivity contribution in [3.05, 3.63) is 103 Å². The zero-order valence-corrected chi connectivity index (χ0v) is 17.0. The van der Waals surface area contributed by atoms with Crippen LogP contribution in [0.1, 0.15) is 13.3 Å². The van der Waals surface area contributed by atoms with Gasteiger partial charge in [0.1, 0.15) is 0 Å². The predicted octanol–water partition coefficient (Wildman–Crippen LogP) is 6.48. The van der Waals surface area contributed by atoms with Gasteiger partial charge in [0.2, 0.25) is 0 Å². The van der Waals surface area contributed by atoms with Crippen molar-refractivity contribution in [3.8, 4) is 0 Å². The van der Waals surface area contributed by atoms with Crippen molar-refractivity contribution in [3.63, 3.8) is 0 Å². The van der Waals surface area contributed by atoms with Gasteiger partial charge in [-0.1, -0.05) is 61.2 Å². The van der Waals surface area contributed by atoms with E-state index < -0.39 is 10.0 Å². The average molecular weight is 391 g/mol. The van der Waals surface area contributed by atoms with E-state index >= 15 is 0 Å². The van der Waals surface area contributed by atoms with E-state index in [0.29, 0.717) is 12.2 Å². The standard InChI is InChI=1S/C25H26O2S/c1-21(2)25(26)27-19-12-20-28(22-13-6-3-7-14-22,23-15-8-4-9-16-23)24-17-10-5-11-18-24/h3-11,13-18H,1,12,19-20H2,2H3. The Bertz CT molecular complexity index is 808. The molecule has 0 saturated heterocycles. The lowest BCUT2D eigenvalue weighted by Gasteiger charge is -2.41. The Balaban J connectivity index is 2.01. The van der Waals surface area contributed by atoms with Crippen LogP contribution in [-0.2, 0) is 9.53 Å². The first kappa shape index (κ1) is 20.0. The van der Waals surface area contributed by atoms with Crippen LogP contribution >= 0.6 is 10.0 Å². The van der Waals surface area contributed by atoms with Crippen LogP contribution in [0.5, 0.6) is 0 Å². The molecule has 0 fully saturated rings. The third-order valence-corrected chi connectivity index (χ3v) is 8.74. The van der Waals surface area contributed by atoms with Crippen LogP contribution < -0.4 is 0 Å². The highest BCUT2D eigenvalue weighted by Gasteiger charge is 2.30. The van der Waals surface area contributed by atoms with Gasteiger partial charge in [0.15, 0.2) is 0 Å². The molecule has 0 N–H and O–H groups in total. The highest BCUT2D eigenvalue weighted by atomic mass is 32.3. The maximum Gasteiger partial charge on any atom is 0.333 e. The van der Waals surface area contributed by atoms with Crippen molar-refractivity contribution in [1.82, 2.24) is 0 Å². The van der Waals surface area contributed by atoms with E-state index in [0.717, 1.165) is 12.2 Å². The van der Waals surface area contributed by atoms with Gasteiger partial charge in [0.25, 0.3) is 0 Å². The number of hydrogen-bond acceptors (Lipinski definition) is 2. The van der Waals surface area contributed by atoms with Crippen molar-refractivity contribution in [2.45, 2.75) is 28.0 Å². The van der Waals surface area contributed by atoms with Gasteiger partial charge in [-0.25, -0.2) is 4.79 Å². The van der Waals surface area contributed by atoms with Crippen molar-refractivity contribution in [1.29, 1.82) is 0 Å². The minimum Gasteiger partial charge on any atom is -0.462 e. The summed E-state index contributed by atoms with van der Waals surface area (Å²) in [6, 6.07) is 32.1. The van der Waals surface area contributed by atoms with Crippen molar-refractivity contribution in [2.24, 2.45) is 0 Å². The highest BCUT2D eigenvalue weighted by Crippen LogP contribution is 2.68. The van der Waals surface area contributed by atoms with Crippen LogP contribution in [0.15, 0.2) is 118 Å². The SMILES string of the molecule is C=C(C)C(=O)OCCCS(c1ccccc1)(c1ccccc1)c1ccccc1. The van der Waals surface area contributed by atoms with E-state index in [9.17, 15) is 4.79 Å². The van der Waals surface area contributed by atoms with Crippen LogP contribution in [0, 0.1) is 0 Å². The fourth-order valence-corrected chi connectivity index (χ4v) is 7.22. The largest absolute Gasteiger partial charge is 0.462 e. The molecule has 0 heterocycles. The minimum absolute atomic E-state index is 0.320. The van der Waals surface area contributed by atoms with E-state index in [4.69, 9.17) is 4.74 Å². The van der Waals surface area contributed by atoms with Crippen molar-refractivity contribution in [2.75, 3.05) is 12.4 Å². The summed E-state index contributed by atoms with van der Waals surface area (Å²) in [5, 5.41) is 0. The monoisotopic (exact) mass is 390 g/mol. The first-order valence-corrected chi connectivity index (χ1v) is 11.2. The molecule has 0 unspecified atom stereocenters. The molecule has 3 aromatic rings. The Morgan fingerprint density at radius 3 is 1.54 bits per heavy atom. The third kappa shape index (κ3) is 4.37.